The molecule has 5 nitrogen and oxygen atoms in total. The molecule has 0 spiro atoms. The van der Waals surface area contributed by atoms with Gasteiger partial charge in [-0.3, -0.25) is 4.79 Å². The zero-order chi connectivity index (χ0) is 19.3. The van der Waals surface area contributed by atoms with Gasteiger partial charge < -0.3 is 4.74 Å². The van der Waals surface area contributed by atoms with Crippen LogP contribution in [0.2, 0.25) is 0 Å². The number of alkyl halides is 2. The van der Waals surface area contributed by atoms with E-state index in [1.165, 1.54) is 18.2 Å². The number of benzene rings is 2. The van der Waals surface area contributed by atoms with E-state index in [1.807, 2.05) is 5.43 Å². The first-order chi connectivity index (χ1) is 12.3. The highest BCUT2D eigenvalue weighted by Gasteiger charge is 2.18. The van der Waals surface area contributed by atoms with Gasteiger partial charge in [0.05, 0.1) is 30.0 Å². The Morgan fingerprint density at radius 1 is 1.15 bits per heavy atom. The van der Waals surface area contributed by atoms with Crippen LogP contribution in [0.4, 0.5) is 17.6 Å². The highest BCUT2D eigenvalue weighted by Crippen LogP contribution is 2.22. The number of halogens is 4. The predicted octanol–water partition coefficient (Wildman–Crippen LogP) is 3.45. The number of hydrazone groups is 1. The Morgan fingerprint density at radius 3 is 2.35 bits per heavy atom. The van der Waals surface area contributed by atoms with Crippen molar-refractivity contribution in [3.8, 4) is 0 Å². The fraction of sp³-hybridized carbons (Fsp3) is 0.118. The molecule has 0 aliphatic heterocycles. The van der Waals surface area contributed by atoms with Crippen molar-refractivity contribution in [3.63, 3.8) is 0 Å². The molecule has 0 fully saturated rings. The maximum atomic E-state index is 13.9. The Kier molecular flexibility index (Phi) is 6.05. The number of amides is 1. The number of nitrogens with zero attached hydrogens (tertiary/aromatic N) is 1. The SMILES string of the molecule is COC(=O)c1cc(F)c(/C=N/NC(=O)c2ccccc2C(F)F)c(F)c1. The topological polar surface area (TPSA) is 67.8 Å². The van der Waals surface area contributed by atoms with Gasteiger partial charge in [-0.15, -0.1) is 0 Å². The molecule has 2 aromatic carbocycles. The maximum absolute atomic E-state index is 13.9. The number of carbonyl (C=O) groups excluding carboxylic acids is 2. The summed E-state index contributed by atoms with van der Waals surface area (Å²) in [7, 11) is 1.06. The van der Waals surface area contributed by atoms with Crippen LogP contribution in [-0.4, -0.2) is 25.2 Å². The molecule has 2 rings (SSSR count). The van der Waals surface area contributed by atoms with E-state index < -0.39 is 41.1 Å². The predicted molar refractivity (Wildman–Crippen MR) is 84.2 cm³/mol. The first-order valence-corrected chi connectivity index (χ1v) is 7.13. The summed E-state index contributed by atoms with van der Waals surface area (Å²) in [6.07, 6.45) is -2.21. The Hall–Kier alpha value is -3.23. The number of hydrogen-bond acceptors (Lipinski definition) is 4. The van der Waals surface area contributed by atoms with Gasteiger partial charge in [0.2, 0.25) is 0 Å². The molecule has 0 saturated heterocycles. The monoisotopic (exact) mass is 368 g/mol. The number of methoxy groups -OCH3 is 1. The van der Waals surface area contributed by atoms with Gasteiger partial charge in [0.25, 0.3) is 12.3 Å². The summed E-state index contributed by atoms with van der Waals surface area (Å²) in [4.78, 5) is 23.2. The third kappa shape index (κ3) is 4.24. The van der Waals surface area contributed by atoms with Crippen LogP contribution in [0.5, 0.6) is 0 Å². The summed E-state index contributed by atoms with van der Waals surface area (Å²) in [5, 5.41) is 3.37. The number of carbonyl (C=O) groups is 2. The van der Waals surface area contributed by atoms with Gasteiger partial charge in [-0.05, 0) is 18.2 Å². The lowest BCUT2D eigenvalue weighted by Gasteiger charge is -2.07. The molecule has 0 unspecified atom stereocenters. The molecule has 0 aromatic heterocycles. The van der Waals surface area contributed by atoms with E-state index in [-0.39, 0.29) is 11.1 Å². The minimum absolute atomic E-state index is 0.318. The van der Waals surface area contributed by atoms with E-state index in [0.717, 1.165) is 25.3 Å². The van der Waals surface area contributed by atoms with Crippen LogP contribution in [0.25, 0.3) is 0 Å². The average molecular weight is 368 g/mol. The van der Waals surface area contributed by atoms with Crippen molar-refractivity contribution in [2.24, 2.45) is 5.10 Å². The van der Waals surface area contributed by atoms with Gasteiger partial charge in [0.15, 0.2) is 0 Å². The lowest BCUT2D eigenvalue weighted by atomic mass is 10.1. The van der Waals surface area contributed by atoms with Crippen LogP contribution in [0, 0.1) is 11.6 Å². The van der Waals surface area contributed by atoms with Crippen LogP contribution in [-0.2, 0) is 4.74 Å². The van der Waals surface area contributed by atoms with Gasteiger partial charge in [-0.1, -0.05) is 18.2 Å². The van der Waals surface area contributed by atoms with Crippen molar-refractivity contribution in [3.05, 3.63) is 70.3 Å². The summed E-state index contributed by atoms with van der Waals surface area (Å²) in [5.41, 5.74) is 0.137. The smallest absolute Gasteiger partial charge is 0.338 e. The van der Waals surface area contributed by atoms with Crippen molar-refractivity contribution in [1.29, 1.82) is 0 Å². The summed E-state index contributed by atoms with van der Waals surface area (Å²) in [6, 6.07) is 6.45. The second-order valence-corrected chi connectivity index (χ2v) is 4.93. The summed E-state index contributed by atoms with van der Waals surface area (Å²) >= 11 is 0. The van der Waals surface area contributed by atoms with Crippen LogP contribution >= 0.6 is 0 Å². The largest absolute Gasteiger partial charge is 0.465 e. The summed E-state index contributed by atoms with van der Waals surface area (Å²) in [5.74, 6) is -4.12. The first-order valence-electron chi connectivity index (χ1n) is 7.13. The van der Waals surface area contributed by atoms with Gasteiger partial charge in [0.1, 0.15) is 11.6 Å². The van der Waals surface area contributed by atoms with Crippen molar-refractivity contribution < 1.29 is 31.9 Å². The normalized spacial score (nSPS) is 11.0. The highest BCUT2D eigenvalue weighted by molar-refractivity contribution is 5.96. The maximum Gasteiger partial charge on any atom is 0.338 e. The first kappa shape index (κ1) is 19.1. The average Bonchev–Trinajstić information content (AvgIpc) is 2.62. The van der Waals surface area contributed by atoms with Crippen LogP contribution in [0.3, 0.4) is 0 Å². The van der Waals surface area contributed by atoms with Gasteiger partial charge >= 0.3 is 5.97 Å². The van der Waals surface area contributed by atoms with Gasteiger partial charge in [-0.25, -0.2) is 27.8 Å². The number of esters is 1. The molecular formula is C17H12F4N2O3. The standard InChI is InChI=1S/C17H12F4N2O3/c1-26-17(25)9-6-13(18)12(14(19)7-9)8-22-23-16(24)11-5-3-2-4-10(11)15(20)21/h2-8,15H,1H3,(H,23,24)/b22-8+. The van der Waals surface area contributed by atoms with Crippen molar-refractivity contribution >= 4 is 18.1 Å². The Balaban J connectivity index is 2.19. The molecule has 26 heavy (non-hydrogen) atoms. The highest BCUT2D eigenvalue weighted by atomic mass is 19.3. The minimum Gasteiger partial charge on any atom is -0.465 e. The molecule has 9 heteroatoms. The Labute approximate surface area is 145 Å². The molecule has 136 valence electrons. The molecule has 1 amide bonds. The molecule has 2 aromatic rings. The number of ether oxygens (including phenoxy) is 1. The van der Waals surface area contributed by atoms with E-state index in [1.54, 1.807) is 0 Å². The zero-order valence-corrected chi connectivity index (χ0v) is 13.3. The van der Waals surface area contributed by atoms with E-state index in [9.17, 15) is 27.2 Å². The Bertz CT molecular complexity index is 846. The number of rotatable bonds is 5. The number of hydrogen-bond donors (Lipinski definition) is 1. The van der Waals surface area contributed by atoms with Crippen molar-refractivity contribution in [2.75, 3.05) is 7.11 Å². The third-order valence-corrected chi connectivity index (χ3v) is 3.30. The second kappa shape index (κ2) is 8.24. The minimum atomic E-state index is -2.87. The molecule has 0 saturated carbocycles. The van der Waals surface area contributed by atoms with Crippen molar-refractivity contribution in [2.45, 2.75) is 6.43 Å². The second-order valence-electron chi connectivity index (χ2n) is 4.93. The fourth-order valence-corrected chi connectivity index (χ4v) is 2.05. The quantitative estimate of drug-likeness (QED) is 0.380. The molecule has 0 aliphatic carbocycles. The van der Waals surface area contributed by atoms with E-state index in [0.29, 0.717) is 6.21 Å². The van der Waals surface area contributed by atoms with E-state index >= 15 is 0 Å². The molecular weight excluding hydrogens is 356 g/mol. The summed E-state index contributed by atoms with van der Waals surface area (Å²) < 4.78 is 57.8. The van der Waals surface area contributed by atoms with Gasteiger partial charge in [-0.2, -0.15) is 5.10 Å². The molecule has 0 atom stereocenters. The molecule has 0 heterocycles. The zero-order valence-electron chi connectivity index (χ0n) is 13.3. The third-order valence-electron chi connectivity index (χ3n) is 3.30. The van der Waals surface area contributed by atoms with Crippen LogP contribution in [0.1, 0.15) is 38.3 Å². The lowest BCUT2D eigenvalue weighted by molar-refractivity contribution is 0.0599. The van der Waals surface area contributed by atoms with E-state index in [4.69, 9.17) is 0 Å². The Morgan fingerprint density at radius 2 is 1.77 bits per heavy atom. The van der Waals surface area contributed by atoms with Gasteiger partial charge in [0, 0.05) is 5.56 Å². The van der Waals surface area contributed by atoms with Crippen LogP contribution < -0.4 is 5.43 Å². The fourth-order valence-electron chi connectivity index (χ4n) is 2.05. The number of nitrogens with one attached hydrogen (secondary N) is 1. The lowest BCUT2D eigenvalue weighted by Crippen LogP contribution is -2.19. The molecule has 0 radical (unpaired) electrons. The molecule has 0 bridgehead atoms. The molecule has 1 N–H and O–H groups in total. The summed E-state index contributed by atoms with van der Waals surface area (Å²) in [6.45, 7) is 0. The molecule has 0 aliphatic rings. The van der Waals surface area contributed by atoms with E-state index in [2.05, 4.69) is 9.84 Å². The van der Waals surface area contributed by atoms with Crippen LogP contribution in [0.15, 0.2) is 41.5 Å². The van der Waals surface area contributed by atoms with Crippen molar-refractivity contribution in [1.82, 2.24) is 5.43 Å².